The number of aryl methyl sites for hydroxylation is 4. The Morgan fingerprint density at radius 2 is 1.51 bits per heavy atom. The maximum Gasteiger partial charge on any atom is 0.274 e. The molecule has 0 radical (unpaired) electrons. The number of rotatable bonds is 3. The van der Waals surface area contributed by atoms with Gasteiger partial charge >= 0.3 is 0 Å². The lowest BCUT2D eigenvalue weighted by Gasteiger charge is -2.14. The lowest BCUT2D eigenvalue weighted by molar-refractivity contribution is 0.860. The molecule has 0 aliphatic carbocycles. The quantitative estimate of drug-likeness (QED) is 0.420. The molecule has 0 aliphatic rings. The Labute approximate surface area is 203 Å². The van der Waals surface area contributed by atoms with Crippen molar-refractivity contribution >= 4 is 10.9 Å². The van der Waals surface area contributed by atoms with Crippen LogP contribution in [0.4, 0.5) is 0 Å². The van der Waals surface area contributed by atoms with Gasteiger partial charge in [0.15, 0.2) is 0 Å². The highest BCUT2D eigenvalue weighted by molar-refractivity contribution is 6.00. The Morgan fingerprint density at radius 3 is 2.17 bits per heavy atom. The second-order valence-corrected chi connectivity index (χ2v) is 8.81. The number of pyridine rings is 3. The van der Waals surface area contributed by atoms with Crippen molar-refractivity contribution in [2.24, 2.45) is 14.1 Å². The van der Waals surface area contributed by atoms with Crippen molar-refractivity contribution in [3.63, 3.8) is 0 Å². The van der Waals surface area contributed by atoms with E-state index in [9.17, 15) is 14.9 Å². The summed E-state index contributed by atoms with van der Waals surface area (Å²) in [6.45, 7) is 3.88. The van der Waals surface area contributed by atoms with Crippen LogP contribution in [-0.4, -0.2) is 19.1 Å². The molecule has 0 amide bonds. The van der Waals surface area contributed by atoms with Gasteiger partial charge in [-0.25, -0.2) is 0 Å². The van der Waals surface area contributed by atoms with Gasteiger partial charge in [0.1, 0.15) is 5.52 Å². The van der Waals surface area contributed by atoms with Gasteiger partial charge in [-0.15, -0.1) is 0 Å². The second-order valence-electron chi connectivity index (χ2n) is 8.81. The molecule has 0 atom stereocenters. The van der Waals surface area contributed by atoms with Gasteiger partial charge < -0.3 is 14.1 Å². The van der Waals surface area contributed by atoms with Crippen molar-refractivity contribution < 1.29 is 1.43 Å². The van der Waals surface area contributed by atoms with Gasteiger partial charge in [-0.1, -0.05) is 12.1 Å². The molecule has 0 saturated carbocycles. The second kappa shape index (κ2) is 8.26. The first kappa shape index (κ1) is 22.1. The summed E-state index contributed by atoms with van der Waals surface area (Å²) >= 11 is 0. The number of nitrogens with one attached hydrogen (secondary N) is 1. The molecular weight excluding hydrogens is 438 g/mol. The lowest BCUT2D eigenvalue weighted by Crippen LogP contribution is -2.18. The molecule has 0 fully saturated rings. The van der Waals surface area contributed by atoms with E-state index in [-0.39, 0.29) is 12.5 Å². The Bertz CT molecular complexity index is 1770. The van der Waals surface area contributed by atoms with Gasteiger partial charge in [0.25, 0.3) is 11.1 Å². The number of nitriles is 1. The van der Waals surface area contributed by atoms with E-state index in [2.05, 4.69) is 16.0 Å². The van der Waals surface area contributed by atoms with Crippen LogP contribution in [0.15, 0.2) is 70.5 Å². The SMILES string of the molecule is Cc1cc(-c2cc3c(-c4cc(=O)n(C)cc4-c4ccc(C#N)cc4)cn(C)c(=O)c3[nH]2)cc(C)n1.[HH]. The molecule has 0 aliphatic heterocycles. The highest BCUT2D eigenvalue weighted by Gasteiger charge is 2.18. The fourth-order valence-electron chi connectivity index (χ4n) is 4.50. The number of benzene rings is 1. The number of hydrogen-bond donors (Lipinski definition) is 1. The Hall–Kier alpha value is -4.70. The van der Waals surface area contributed by atoms with E-state index in [0.29, 0.717) is 16.6 Å². The fraction of sp³-hybridized carbons (Fsp3) is 0.143. The van der Waals surface area contributed by atoms with Crippen LogP contribution in [0.3, 0.4) is 0 Å². The van der Waals surface area contributed by atoms with E-state index in [1.165, 1.54) is 9.13 Å². The minimum absolute atomic E-state index is 0. The van der Waals surface area contributed by atoms with Crippen LogP contribution in [0.2, 0.25) is 0 Å². The maximum atomic E-state index is 13.1. The first-order chi connectivity index (χ1) is 16.7. The molecule has 5 rings (SSSR count). The number of nitrogens with zero attached hydrogens (tertiary/aromatic N) is 4. The monoisotopic (exact) mass is 463 g/mol. The normalized spacial score (nSPS) is 11.1. The molecule has 35 heavy (non-hydrogen) atoms. The van der Waals surface area contributed by atoms with Crippen LogP contribution in [0.25, 0.3) is 44.4 Å². The van der Waals surface area contributed by atoms with Gasteiger partial charge in [-0.3, -0.25) is 14.6 Å². The van der Waals surface area contributed by atoms with Crippen molar-refractivity contribution in [2.75, 3.05) is 0 Å². The van der Waals surface area contributed by atoms with Gasteiger partial charge in [-0.05, 0) is 55.3 Å². The average molecular weight is 464 g/mol. The molecule has 7 heteroatoms. The smallest absolute Gasteiger partial charge is 0.274 e. The molecule has 4 heterocycles. The summed E-state index contributed by atoms with van der Waals surface area (Å²) in [5.41, 5.74) is 7.43. The Kier molecular flexibility index (Phi) is 5.22. The van der Waals surface area contributed by atoms with Crippen molar-refractivity contribution in [1.82, 2.24) is 19.1 Å². The minimum Gasteiger partial charge on any atom is -0.350 e. The summed E-state index contributed by atoms with van der Waals surface area (Å²) in [5, 5.41) is 9.92. The average Bonchev–Trinajstić information content (AvgIpc) is 3.28. The van der Waals surface area contributed by atoms with E-state index >= 15 is 0 Å². The molecule has 4 aromatic heterocycles. The summed E-state index contributed by atoms with van der Waals surface area (Å²) in [6, 6.07) is 16.9. The summed E-state index contributed by atoms with van der Waals surface area (Å²) < 4.78 is 3.06. The van der Waals surface area contributed by atoms with Crippen molar-refractivity contribution in [1.29, 1.82) is 5.26 Å². The minimum atomic E-state index is -0.157. The molecule has 0 saturated heterocycles. The zero-order valence-corrected chi connectivity index (χ0v) is 19.9. The lowest BCUT2D eigenvalue weighted by atomic mass is 9.94. The topological polar surface area (TPSA) is 96.5 Å². The van der Waals surface area contributed by atoms with Crippen LogP contribution in [0, 0.1) is 25.2 Å². The molecule has 174 valence electrons. The fourth-order valence-corrected chi connectivity index (χ4v) is 4.50. The molecule has 0 unspecified atom stereocenters. The predicted molar refractivity (Wildman–Crippen MR) is 139 cm³/mol. The number of H-pyrrole nitrogens is 1. The molecular formula is C28H25N5O2. The standard InChI is InChI=1S/C28H23N5O2.H2/c1-16-9-20(10-17(2)30-16)25-11-22-24(15-33(4)28(35)27(22)31-25)21-12-26(34)32(3)14-23(21)19-7-5-18(13-29)6-8-19;/h5-12,14-15,31H,1-4H3;1H. The molecule has 0 bridgehead atoms. The Morgan fingerprint density at radius 1 is 0.857 bits per heavy atom. The van der Waals surface area contributed by atoms with Gasteiger partial charge in [0.05, 0.1) is 11.6 Å². The van der Waals surface area contributed by atoms with Crippen LogP contribution < -0.4 is 11.1 Å². The summed E-state index contributed by atoms with van der Waals surface area (Å²) in [5.74, 6) is 0. The van der Waals surface area contributed by atoms with Gasteiger partial charge in [-0.2, -0.15) is 5.26 Å². The molecule has 1 aromatic carbocycles. The van der Waals surface area contributed by atoms with Crippen molar-refractivity contribution in [3.05, 3.63) is 98.6 Å². The van der Waals surface area contributed by atoms with E-state index in [1.807, 2.05) is 44.2 Å². The molecule has 7 nitrogen and oxygen atoms in total. The third-order valence-corrected chi connectivity index (χ3v) is 6.20. The van der Waals surface area contributed by atoms with Crippen molar-refractivity contribution in [3.8, 4) is 39.6 Å². The number of hydrogen-bond acceptors (Lipinski definition) is 4. The van der Waals surface area contributed by atoms with Crippen LogP contribution >= 0.6 is 0 Å². The van der Waals surface area contributed by atoms with Crippen molar-refractivity contribution in [2.45, 2.75) is 13.8 Å². The predicted octanol–water partition coefficient (Wildman–Crippen LogP) is 4.70. The van der Waals surface area contributed by atoms with Gasteiger partial charge in [0, 0.05) is 73.1 Å². The van der Waals surface area contributed by atoms with E-state index in [4.69, 9.17) is 0 Å². The van der Waals surface area contributed by atoms with E-state index < -0.39 is 0 Å². The number of aromatic amines is 1. The summed E-state index contributed by atoms with van der Waals surface area (Å²) in [6.07, 6.45) is 3.56. The van der Waals surface area contributed by atoms with Gasteiger partial charge in [0.2, 0.25) is 0 Å². The van der Waals surface area contributed by atoms with E-state index in [0.717, 1.165) is 44.7 Å². The third kappa shape index (κ3) is 3.85. The number of aromatic nitrogens is 4. The third-order valence-electron chi connectivity index (χ3n) is 6.20. The highest BCUT2D eigenvalue weighted by atomic mass is 16.1. The first-order valence-corrected chi connectivity index (χ1v) is 11.1. The van der Waals surface area contributed by atoms with Crippen LogP contribution in [-0.2, 0) is 14.1 Å². The van der Waals surface area contributed by atoms with Crippen LogP contribution in [0.5, 0.6) is 0 Å². The molecule has 5 aromatic rings. The molecule has 1 N–H and O–H groups in total. The molecule has 0 spiro atoms. The summed E-state index contributed by atoms with van der Waals surface area (Å²) in [4.78, 5) is 33.5. The van der Waals surface area contributed by atoms with E-state index in [1.54, 1.807) is 44.7 Å². The highest BCUT2D eigenvalue weighted by Crippen LogP contribution is 2.36. The zero-order valence-electron chi connectivity index (χ0n) is 19.9. The first-order valence-electron chi connectivity index (χ1n) is 11.1. The van der Waals surface area contributed by atoms with Crippen LogP contribution in [0.1, 0.15) is 18.4 Å². The largest absolute Gasteiger partial charge is 0.350 e. The number of fused-ring (bicyclic) bond motifs is 1. The zero-order chi connectivity index (χ0) is 24.9. The summed E-state index contributed by atoms with van der Waals surface area (Å²) in [7, 11) is 3.41. The maximum absolute atomic E-state index is 13.1. The Balaban J connectivity index is 0.00000304.